The number of anilines is 1. The minimum absolute atomic E-state index is 0.266. The van der Waals surface area contributed by atoms with Gasteiger partial charge in [-0.15, -0.1) is 0 Å². The summed E-state index contributed by atoms with van der Waals surface area (Å²) in [5, 5.41) is 3.45. The molecule has 0 bridgehead atoms. The SMILES string of the molecule is Cc1nc(N)c2[nH]c(=O)n(Cc3cnc(CNC4CCC4)cn3)c2n1. The summed E-state index contributed by atoms with van der Waals surface area (Å²) in [6.07, 6.45) is 7.21. The predicted molar refractivity (Wildman–Crippen MR) is 92.9 cm³/mol. The maximum Gasteiger partial charge on any atom is 0.328 e. The lowest BCUT2D eigenvalue weighted by molar-refractivity contribution is 0.336. The molecule has 9 nitrogen and oxygen atoms in total. The molecule has 0 radical (unpaired) electrons. The Labute approximate surface area is 143 Å². The van der Waals surface area contributed by atoms with Gasteiger partial charge in [0.1, 0.15) is 11.3 Å². The van der Waals surface area contributed by atoms with Gasteiger partial charge in [0, 0.05) is 12.6 Å². The first-order valence-corrected chi connectivity index (χ1v) is 8.36. The van der Waals surface area contributed by atoms with Crippen LogP contribution in [0, 0.1) is 6.92 Å². The number of rotatable bonds is 5. The van der Waals surface area contributed by atoms with Gasteiger partial charge in [0.15, 0.2) is 11.5 Å². The summed E-state index contributed by atoms with van der Waals surface area (Å²) in [4.78, 5) is 32.1. The van der Waals surface area contributed by atoms with E-state index in [-0.39, 0.29) is 18.1 Å². The first-order valence-electron chi connectivity index (χ1n) is 8.36. The van der Waals surface area contributed by atoms with Crippen LogP contribution in [-0.4, -0.2) is 35.5 Å². The lowest BCUT2D eigenvalue weighted by Gasteiger charge is -2.26. The van der Waals surface area contributed by atoms with E-state index in [2.05, 4.69) is 30.2 Å². The monoisotopic (exact) mass is 340 g/mol. The number of hydrogen-bond acceptors (Lipinski definition) is 7. The molecule has 1 saturated carbocycles. The second kappa shape index (κ2) is 6.25. The lowest BCUT2D eigenvalue weighted by atomic mass is 9.93. The first-order chi connectivity index (χ1) is 12.1. The van der Waals surface area contributed by atoms with Crippen LogP contribution >= 0.6 is 0 Å². The molecule has 9 heteroatoms. The molecule has 1 aliphatic carbocycles. The van der Waals surface area contributed by atoms with Crippen LogP contribution in [0.4, 0.5) is 5.82 Å². The maximum atomic E-state index is 12.2. The number of fused-ring (bicyclic) bond motifs is 1. The van der Waals surface area contributed by atoms with Gasteiger partial charge in [-0.1, -0.05) is 6.42 Å². The Morgan fingerprint density at radius 3 is 2.72 bits per heavy atom. The molecule has 1 aliphatic rings. The molecule has 25 heavy (non-hydrogen) atoms. The maximum absolute atomic E-state index is 12.2. The second-order valence-electron chi connectivity index (χ2n) is 6.38. The summed E-state index contributed by atoms with van der Waals surface area (Å²) in [5.74, 6) is 0.781. The van der Waals surface area contributed by atoms with Crippen molar-refractivity contribution in [3.05, 3.63) is 40.1 Å². The summed E-state index contributed by atoms with van der Waals surface area (Å²) in [6.45, 7) is 2.73. The Kier molecular flexibility index (Phi) is 3.92. The van der Waals surface area contributed by atoms with Crippen molar-refractivity contribution in [2.45, 2.75) is 45.3 Å². The number of aromatic amines is 1. The third-order valence-electron chi connectivity index (χ3n) is 4.52. The zero-order valence-electron chi connectivity index (χ0n) is 14.0. The molecule has 0 unspecified atom stereocenters. The van der Waals surface area contributed by atoms with E-state index in [9.17, 15) is 4.79 Å². The highest BCUT2D eigenvalue weighted by Crippen LogP contribution is 2.18. The summed E-state index contributed by atoms with van der Waals surface area (Å²) in [5.41, 5.74) is 8.07. The van der Waals surface area contributed by atoms with Crippen LogP contribution in [-0.2, 0) is 13.1 Å². The van der Waals surface area contributed by atoms with Crippen LogP contribution in [0.3, 0.4) is 0 Å². The number of aromatic nitrogens is 6. The standard InChI is InChI=1S/C16H20N8O/c1-9-21-14(17)13-15(22-9)24(16(25)23-13)8-12-7-19-11(6-20-12)5-18-10-3-2-4-10/h6-7,10,18H,2-5,8H2,1H3,(H,23,25)(H2,17,21,22). The minimum atomic E-state index is -0.292. The third kappa shape index (κ3) is 3.10. The van der Waals surface area contributed by atoms with Crippen molar-refractivity contribution < 1.29 is 0 Å². The molecule has 0 spiro atoms. The van der Waals surface area contributed by atoms with Gasteiger partial charge in [-0.05, 0) is 19.8 Å². The molecule has 3 aromatic heterocycles. The Hall–Kier alpha value is -2.81. The van der Waals surface area contributed by atoms with Crippen LogP contribution in [0.5, 0.6) is 0 Å². The van der Waals surface area contributed by atoms with Gasteiger partial charge in [-0.25, -0.2) is 14.8 Å². The molecular weight excluding hydrogens is 320 g/mol. The molecule has 3 heterocycles. The van der Waals surface area contributed by atoms with Crippen molar-refractivity contribution in [1.29, 1.82) is 0 Å². The fourth-order valence-corrected chi connectivity index (χ4v) is 2.89. The van der Waals surface area contributed by atoms with Crippen LogP contribution in [0.25, 0.3) is 11.2 Å². The van der Waals surface area contributed by atoms with E-state index in [1.807, 2.05) is 0 Å². The van der Waals surface area contributed by atoms with E-state index in [4.69, 9.17) is 5.73 Å². The minimum Gasteiger partial charge on any atom is -0.382 e. The van der Waals surface area contributed by atoms with Gasteiger partial charge in [0.05, 0.1) is 30.3 Å². The summed E-state index contributed by atoms with van der Waals surface area (Å²) < 4.78 is 1.50. The van der Waals surface area contributed by atoms with E-state index in [1.54, 1.807) is 19.3 Å². The molecule has 0 atom stereocenters. The number of H-pyrrole nitrogens is 1. The van der Waals surface area contributed by atoms with E-state index in [0.29, 0.717) is 35.3 Å². The Balaban J connectivity index is 1.54. The molecule has 1 fully saturated rings. The summed E-state index contributed by atoms with van der Waals surface area (Å²) >= 11 is 0. The Morgan fingerprint density at radius 1 is 1.28 bits per heavy atom. The van der Waals surface area contributed by atoms with Gasteiger partial charge < -0.3 is 16.0 Å². The normalized spacial score (nSPS) is 14.8. The number of hydrogen-bond donors (Lipinski definition) is 3. The number of nitrogens with zero attached hydrogens (tertiary/aromatic N) is 5. The van der Waals surface area contributed by atoms with E-state index < -0.39 is 0 Å². The van der Waals surface area contributed by atoms with Crippen molar-refractivity contribution in [1.82, 2.24) is 34.8 Å². The summed E-state index contributed by atoms with van der Waals surface area (Å²) in [6, 6.07) is 0.611. The number of nitrogen functional groups attached to an aromatic ring is 1. The van der Waals surface area contributed by atoms with Crippen LogP contribution in [0.2, 0.25) is 0 Å². The number of nitrogens with one attached hydrogen (secondary N) is 2. The first kappa shape index (κ1) is 15.7. The topological polar surface area (TPSA) is 127 Å². The average molecular weight is 340 g/mol. The second-order valence-corrected chi connectivity index (χ2v) is 6.38. The lowest BCUT2D eigenvalue weighted by Crippen LogP contribution is -2.34. The molecule has 3 aromatic rings. The van der Waals surface area contributed by atoms with Gasteiger partial charge in [-0.2, -0.15) is 0 Å². The van der Waals surface area contributed by atoms with Crippen molar-refractivity contribution in [3.63, 3.8) is 0 Å². The van der Waals surface area contributed by atoms with Gasteiger partial charge in [-0.3, -0.25) is 14.5 Å². The number of aryl methyl sites for hydroxylation is 1. The van der Waals surface area contributed by atoms with Gasteiger partial charge >= 0.3 is 5.69 Å². The van der Waals surface area contributed by atoms with Crippen molar-refractivity contribution in [2.24, 2.45) is 0 Å². The Bertz CT molecular complexity index is 955. The molecule has 4 rings (SSSR count). The molecule has 0 saturated heterocycles. The quantitative estimate of drug-likeness (QED) is 0.617. The molecular formula is C16H20N8O. The van der Waals surface area contributed by atoms with Crippen LogP contribution in [0.1, 0.15) is 36.5 Å². The molecule has 130 valence electrons. The molecule has 4 N–H and O–H groups in total. The zero-order chi connectivity index (χ0) is 17.4. The zero-order valence-corrected chi connectivity index (χ0v) is 14.0. The number of imidazole rings is 1. The van der Waals surface area contributed by atoms with Crippen molar-refractivity contribution in [2.75, 3.05) is 5.73 Å². The fourth-order valence-electron chi connectivity index (χ4n) is 2.89. The fraction of sp³-hybridized carbons (Fsp3) is 0.438. The number of nitrogens with two attached hydrogens (primary N) is 1. The molecule has 0 aromatic carbocycles. The van der Waals surface area contributed by atoms with Gasteiger partial charge in [0.2, 0.25) is 0 Å². The van der Waals surface area contributed by atoms with E-state index >= 15 is 0 Å². The van der Waals surface area contributed by atoms with Crippen molar-refractivity contribution >= 4 is 17.0 Å². The smallest absolute Gasteiger partial charge is 0.328 e. The Morgan fingerprint density at radius 2 is 2.04 bits per heavy atom. The molecule has 0 aliphatic heterocycles. The van der Waals surface area contributed by atoms with Crippen molar-refractivity contribution in [3.8, 4) is 0 Å². The van der Waals surface area contributed by atoms with Gasteiger partial charge in [0.25, 0.3) is 0 Å². The highest BCUT2D eigenvalue weighted by atomic mass is 16.1. The van der Waals surface area contributed by atoms with Crippen LogP contribution < -0.4 is 16.7 Å². The van der Waals surface area contributed by atoms with E-state index in [1.165, 1.54) is 23.8 Å². The van der Waals surface area contributed by atoms with E-state index in [0.717, 1.165) is 5.69 Å². The average Bonchev–Trinajstić information content (AvgIpc) is 2.84. The highest BCUT2D eigenvalue weighted by Gasteiger charge is 2.16. The highest BCUT2D eigenvalue weighted by molar-refractivity contribution is 5.81. The largest absolute Gasteiger partial charge is 0.382 e. The van der Waals surface area contributed by atoms with Crippen LogP contribution in [0.15, 0.2) is 17.2 Å². The predicted octanol–water partition coefficient (Wildman–Crippen LogP) is 0.491. The summed E-state index contributed by atoms with van der Waals surface area (Å²) in [7, 11) is 0. The molecule has 0 amide bonds. The third-order valence-corrected chi connectivity index (χ3v) is 4.52.